The fraction of sp³-hybridized carbons (Fsp3) is 0.611. The maximum Gasteiger partial charge on any atom is 0.229 e. The van der Waals surface area contributed by atoms with Gasteiger partial charge in [0.2, 0.25) is 5.91 Å². The van der Waals surface area contributed by atoms with E-state index in [1.165, 1.54) is 25.7 Å². The summed E-state index contributed by atoms with van der Waals surface area (Å²) in [6, 6.07) is 7.58. The van der Waals surface area contributed by atoms with Crippen molar-refractivity contribution < 1.29 is 9.53 Å². The maximum atomic E-state index is 11.9. The number of carbonyl (C=O) groups is 1. The molecule has 1 amide bonds. The average Bonchev–Trinajstić information content (AvgIpc) is 2.43. The van der Waals surface area contributed by atoms with Crippen LogP contribution in [0.15, 0.2) is 24.3 Å². The molecule has 0 aliphatic heterocycles. The van der Waals surface area contributed by atoms with E-state index in [1.54, 1.807) is 0 Å². The standard InChI is InChI=1S/C18H29NO2/c1-5-6-7-8-9-14-21-16-12-10-15(11-13-16)19-17(20)18(2,3)4/h10-13H,5-9,14H2,1-4H3,(H,19,20). The Kier molecular flexibility index (Phi) is 7.27. The van der Waals surface area contributed by atoms with E-state index in [0.29, 0.717) is 0 Å². The lowest BCUT2D eigenvalue weighted by atomic mass is 9.95. The molecule has 0 unspecified atom stereocenters. The van der Waals surface area contributed by atoms with Gasteiger partial charge >= 0.3 is 0 Å². The maximum absolute atomic E-state index is 11.9. The first-order valence-corrected chi connectivity index (χ1v) is 7.98. The third-order valence-corrected chi connectivity index (χ3v) is 3.31. The van der Waals surface area contributed by atoms with E-state index in [2.05, 4.69) is 12.2 Å². The molecule has 0 bridgehead atoms. The molecule has 1 aromatic carbocycles. The monoisotopic (exact) mass is 291 g/mol. The number of amides is 1. The molecule has 1 N–H and O–H groups in total. The van der Waals surface area contributed by atoms with Crippen LogP contribution in [0.5, 0.6) is 5.75 Å². The van der Waals surface area contributed by atoms with E-state index in [-0.39, 0.29) is 11.3 Å². The van der Waals surface area contributed by atoms with Crippen molar-refractivity contribution >= 4 is 11.6 Å². The number of unbranched alkanes of at least 4 members (excludes halogenated alkanes) is 4. The minimum absolute atomic E-state index is 0.0205. The molecule has 0 atom stereocenters. The van der Waals surface area contributed by atoms with Crippen molar-refractivity contribution in [3.8, 4) is 5.75 Å². The number of carbonyl (C=O) groups excluding carboxylic acids is 1. The average molecular weight is 291 g/mol. The first-order chi connectivity index (χ1) is 9.93. The molecule has 0 aliphatic rings. The number of anilines is 1. The summed E-state index contributed by atoms with van der Waals surface area (Å²) in [5.74, 6) is 0.881. The Labute approximate surface area is 129 Å². The molecule has 0 aliphatic carbocycles. The fourth-order valence-corrected chi connectivity index (χ4v) is 1.85. The van der Waals surface area contributed by atoms with Crippen molar-refractivity contribution in [2.45, 2.75) is 59.8 Å². The van der Waals surface area contributed by atoms with Gasteiger partial charge in [-0.25, -0.2) is 0 Å². The van der Waals surface area contributed by atoms with Gasteiger partial charge in [0.05, 0.1) is 6.61 Å². The summed E-state index contributed by atoms with van der Waals surface area (Å²) in [6.45, 7) is 8.68. The molecule has 1 aromatic rings. The third kappa shape index (κ3) is 7.16. The van der Waals surface area contributed by atoms with Gasteiger partial charge in [0, 0.05) is 11.1 Å². The van der Waals surface area contributed by atoms with Crippen LogP contribution in [0, 0.1) is 5.41 Å². The van der Waals surface area contributed by atoms with Gasteiger partial charge in [-0.2, -0.15) is 0 Å². The zero-order chi connectivity index (χ0) is 15.7. The molecule has 21 heavy (non-hydrogen) atoms. The van der Waals surface area contributed by atoms with Crippen LogP contribution < -0.4 is 10.1 Å². The highest BCUT2D eigenvalue weighted by Crippen LogP contribution is 2.20. The van der Waals surface area contributed by atoms with E-state index in [0.717, 1.165) is 24.5 Å². The minimum atomic E-state index is -0.381. The van der Waals surface area contributed by atoms with Gasteiger partial charge in [0.1, 0.15) is 5.75 Å². The van der Waals surface area contributed by atoms with Crippen molar-refractivity contribution in [3.05, 3.63) is 24.3 Å². The Balaban J connectivity index is 2.32. The summed E-state index contributed by atoms with van der Waals surface area (Å²) in [6.07, 6.45) is 6.19. The van der Waals surface area contributed by atoms with Crippen LogP contribution in [-0.4, -0.2) is 12.5 Å². The van der Waals surface area contributed by atoms with Crippen molar-refractivity contribution in [3.63, 3.8) is 0 Å². The molecule has 0 fully saturated rings. The molecule has 0 spiro atoms. The Hall–Kier alpha value is -1.51. The van der Waals surface area contributed by atoms with Crippen LogP contribution in [0.1, 0.15) is 59.8 Å². The fourth-order valence-electron chi connectivity index (χ4n) is 1.85. The largest absolute Gasteiger partial charge is 0.494 e. The Morgan fingerprint density at radius 1 is 1.05 bits per heavy atom. The third-order valence-electron chi connectivity index (χ3n) is 3.31. The van der Waals surface area contributed by atoms with E-state index in [4.69, 9.17) is 4.74 Å². The summed E-state index contributed by atoms with van der Waals surface area (Å²) >= 11 is 0. The Morgan fingerprint density at radius 3 is 2.24 bits per heavy atom. The number of hydrogen-bond donors (Lipinski definition) is 1. The van der Waals surface area contributed by atoms with Crippen LogP contribution in [0.25, 0.3) is 0 Å². The number of hydrogen-bond acceptors (Lipinski definition) is 2. The molecule has 0 saturated heterocycles. The number of ether oxygens (including phenoxy) is 1. The number of benzene rings is 1. The van der Waals surface area contributed by atoms with Crippen molar-refractivity contribution in [1.29, 1.82) is 0 Å². The summed E-state index contributed by atoms with van der Waals surface area (Å²) in [5.41, 5.74) is 0.429. The second-order valence-corrected chi connectivity index (χ2v) is 6.49. The van der Waals surface area contributed by atoms with Gasteiger partial charge in [-0.05, 0) is 30.7 Å². The van der Waals surface area contributed by atoms with Crippen LogP contribution in [0.3, 0.4) is 0 Å². The predicted molar refractivity (Wildman–Crippen MR) is 88.8 cm³/mol. The van der Waals surface area contributed by atoms with Crippen LogP contribution >= 0.6 is 0 Å². The topological polar surface area (TPSA) is 38.3 Å². The summed E-state index contributed by atoms with van der Waals surface area (Å²) in [4.78, 5) is 11.9. The first-order valence-electron chi connectivity index (χ1n) is 7.98. The van der Waals surface area contributed by atoms with Crippen molar-refractivity contribution in [2.75, 3.05) is 11.9 Å². The molecule has 1 rings (SSSR count). The zero-order valence-corrected chi connectivity index (χ0v) is 13.9. The van der Waals surface area contributed by atoms with Crippen LogP contribution in [0.4, 0.5) is 5.69 Å². The zero-order valence-electron chi connectivity index (χ0n) is 13.9. The summed E-state index contributed by atoms with van der Waals surface area (Å²) in [5, 5.41) is 2.91. The summed E-state index contributed by atoms with van der Waals surface area (Å²) < 4.78 is 5.70. The van der Waals surface area contributed by atoms with Gasteiger partial charge in [0.15, 0.2) is 0 Å². The quantitative estimate of drug-likeness (QED) is 0.683. The highest BCUT2D eigenvalue weighted by Gasteiger charge is 2.20. The van der Waals surface area contributed by atoms with E-state index in [1.807, 2.05) is 45.0 Å². The van der Waals surface area contributed by atoms with E-state index >= 15 is 0 Å². The van der Waals surface area contributed by atoms with Gasteiger partial charge in [-0.15, -0.1) is 0 Å². The minimum Gasteiger partial charge on any atom is -0.494 e. The number of nitrogens with one attached hydrogen (secondary N) is 1. The SMILES string of the molecule is CCCCCCCOc1ccc(NC(=O)C(C)(C)C)cc1. The smallest absolute Gasteiger partial charge is 0.229 e. The predicted octanol–water partition coefficient (Wildman–Crippen LogP) is 5.02. The van der Waals surface area contributed by atoms with Crippen LogP contribution in [-0.2, 0) is 4.79 Å². The van der Waals surface area contributed by atoms with Crippen LogP contribution in [0.2, 0.25) is 0 Å². The van der Waals surface area contributed by atoms with Gasteiger partial charge in [-0.1, -0.05) is 53.4 Å². The van der Waals surface area contributed by atoms with Gasteiger partial charge in [0.25, 0.3) is 0 Å². The highest BCUT2D eigenvalue weighted by atomic mass is 16.5. The van der Waals surface area contributed by atoms with E-state index in [9.17, 15) is 4.79 Å². The van der Waals surface area contributed by atoms with Gasteiger partial charge < -0.3 is 10.1 Å². The molecule has 0 radical (unpaired) electrons. The molecule has 118 valence electrons. The van der Waals surface area contributed by atoms with Gasteiger partial charge in [-0.3, -0.25) is 4.79 Å². The Bertz CT molecular complexity index is 418. The Morgan fingerprint density at radius 2 is 1.67 bits per heavy atom. The van der Waals surface area contributed by atoms with Crippen molar-refractivity contribution in [2.24, 2.45) is 5.41 Å². The second kappa shape index (κ2) is 8.71. The molecule has 0 aromatic heterocycles. The van der Waals surface area contributed by atoms with Crippen molar-refractivity contribution in [1.82, 2.24) is 0 Å². The lowest BCUT2D eigenvalue weighted by Gasteiger charge is -2.17. The second-order valence-electron chi connectivity index (χ2n) is 6.49. The normalized spacial score (nSPS) is 11.2. The van der Waals surface area contributed by atoms with E-state index < -0.39 is 0 Å². The molecular weight excluding hydrogens is 262 g/mol. The highest BCUT2D eigenvalue weighted by molar-refractivity contribution is 5.94. The lowest BCUT2D eigenvalue weighted by molar-refractivity contribution is -0.123. The molecule has 3 nitrogen and oxygen atoms in total. The lowest BCUT2D eigenvalue weighted by Crippen LogP contribution is -2.27. The number of rotatable bonds is 8. The first kappa shape index (κ1) is 17.5. The molecule has 0 heterocycles. The molecule has 3 heteroatoms. The summed E-state index contributed by atoms with van der Waals surface area (Å²) in [7, 11) is 0. The molecule has 0 saturated carbocycles. The molecular formula is C18H29NO2.